The SMILES string of the molecule is CO[C@]1(C)C[C@@H](C)CN(C)[C@@H]([C@H]2CCNC2)COC(=O)C(C)(C)C(=O)[C@H](C)[C@H]1O[C@@H]1O[C@H](C)C[C@H](N(C)C)[C@H]1O. The molecule has 0 unspecified atom stereocenters. The van der Waals surface area contributed by atoms with E-state index in [1.165, 1.54) is 0 Å². The van der Waals surface area contributed by atoms with E-state index in [-0.39, 0.29) is 36.5 Å². The zero-order valence-electron chi connectivity index (χ0n) is 26.4. The molecule has 3 aliphatic heterocycles. The molecule has 0 aromatic rings. The largest absolute Gasteiger partial charge is 0.463 e. The van der Waals surface area contributed by atoms with Crippen molar-refractivity contribution in [1.82, 2.24) is 15.1 Å². The number of aliphatic hydroxyl groups excluding tert-OH is 1. The maximum Gasteiger partial charge on any atom is 0.319 e. The summed E-state index contributed by atoms with van der Waals surface area (Å²) in [5.41, 5.74) is -2.29. The van der Waals surface area contributed by atoms with E-state index in [1.54, 1.807) is 27.9 Å². The van der Waals surface area contributed by atoms with Crippen molar-refractivity contribution >= 4 is 11.8 Å². The van der Waals surface area contributed by atoms with E-state index in [0.717, 1.165) is 26.1 Å². The second kappa shape index (κ2) is 13.4. The molecule has 0 bridgehead atoms. The topological polar surface area (TPSA) is 110 Å². The molecule has 3 rings (SSSR count). The van der Waals surface area contributed by atoms with Crippen LogP contribution >= 0.6 is 0 Å². The van der Waals surface area contributed by atoms with Crippen molar-refractivity contribution in [2.45, 2.75) is 103 Å². The minimum atomic E-state index is -1.39. The Kier molecular flexibility index (Phi) is 11.2. The third-order valence-corrected chi connectivity index (χ3v) is 9.57. The van der Waals surface area contributed by atoms with Gasteiger partial charge < -0.3 is 34.3 Å². The normalized spacial score (nSPS) is 42.6. The number of Topliss-reactive ketones (excluding diaryl/α,β-unsaturated/α-hetero) is 1. The second-order valence-corrected chi connectivity index (χ2v) is 13.6. The molecule has 0 saturated carbocycles. The van der Waals surface area contributed by atoms with Gasteiger partial charge in [-0.2, -0.15) is 0 Å². The Balaban J connectivity index is 1.99. The van der Waals surface area contributed by atoms with Crippen LogP contribution in [0.1, 0.15) is 60.8 Å². The third-order valence-electron chi connectivity index (χ3n) is 9.57. The fourth-order valence-corrected chi connectivity index (χ4v) is 7.07. The smallest absolute Gasteiger partial charge is 0.319 e. The number of aliphatic hydroxyl groups is 1. The lowest BCUT2D eigenvalue weighted by Gasteiger charge is -2.47. The predicted molar refractivity (Wildman–Crippen MR) is 153 cm³/mol. The Morgan fingerprint density at radius 1 is 1.15 bits per heavy atom. The number of ketones is 1. The van der Waals surface area contributed by atoms with E-state index in [2.05, 4.69) is 24.2 Å². The van der Waals surface area contributed by atoms with Crippen LogP contribution in [-0.4, -0.2) is 123 Å². The number of hydrogen-bond acceptors (Lipinski definition) is 10. The van der Waals surface area contributed by atoms with Crippen molar-refractivity contribution in [2.75, 3.05) is 54.5 Å². The Bertz CT molecular complexity index is 864. The zero-order chi connectivity index (χ0) is 30.0. The Hall–Kier alpha value is -1.14. The van der Waals surface area contributed by atoms with E-state index >= 15 is 0 Å². The van der Waals surface area contributed by atoms with Gasteiger partial charge in [0.15, 0.2) is 12.1 Å². The summed E-state index contributed by atoms with van der Waals surface area (Å²) in [5.74, 6) is -1.02. The molecule has 0 radical (unpaired) electrons. The average molecular weight is 570 g/mol. The number of ether oxygens (including phenoxy) is 4. The number of carbonyl (C=O) groups excluding carboxylic acids is 2. The van der Waals surface area contributed by atoms with Crippen LogP contribution in [0.2, 0.25) is 0 Å². The van der Waals surface area contributed by atoms with Gasteiger partial charge in [-0.05, 0) is 93.0 Å². The highest BCUT2D eigenvalue weighted by Crippen LogP contribution is 2.38. The van der Waals surface area contributed by atoms with Crippen molar-refractivity contribution in [3.63, 3.8) is 0 Å². The highest BCUT2D eigenvalue weighted by molar-refractivity contribution is 6.04. The molecule has 3 heterocycles. The maximum absolute atomic E-state index is 14.1. The zero-order valence-corrected chi connectivity index (χ0v) is 26.4. The molecule has 0 amide bonds. The van der Waals surface area contributed by atoms with Crippen LogP contribution in [-0.2, 0) is 28.5 Å². The minimum Gasteiger partial charge on any atom is -0.463 e. The van der Waals surface area contributed by atoms with Gasteiger partial charge in [0.05, 0.1) is 17.8 Å². The molecule has 10 heteroatoms. The molecule has 0 aromatic carbocycles. The summed E-state index contributed by atoms with van der Waals surface area (Å²) >= 11 is 0. The molecule has 232 valence electrons. The van der Waals surface area contributed by atoms with Gasteiger partial charge in [0.25, 0.3) is 0 Å². The number of esters is 1. The number of rotatable bonds is 5. The molecule has 3 fully saturated rings. The standard InChI is InChI=1S/C30H55N3O7/c1-18-14-30(6,37-10)26(40-27-24(34)22(32(7)8)13-19(2)39-27)20(3)25(35)29(4,5)28(36)38-17-23(33(9)16-18)21-11-12-31-15-21/h18-24,26-27,31,34H,11-17H2,1-10H3/t18-,19-,20+,21+,22+,23-,24-,26-,27+,30-/m1/s1. The summed E-state index contributed by atoms with van der Waals surface area (Å²) in [6.45, 7) is 14.0. The van der Waals surface area contributed by atoms with Gasteiger partial charge in [-0.3, -0.25) is 14.5 Å². The summed E-state index contributed by atoms with van der Waals surface area (Å²) in [6.07, 6.45) is -0.507. The van der Waals surface area contributed by atoms with Gasteiger partial charge in [0.2, 0.25) is 0 Å². The number of nitrogens with zero attached hydrogens (tertiary/aromatic N) is 2. The fraction of sp³-hybridized carbons (Fsp3) is 0.933. The van der Waals surface area contributed by atoms with Crippen LogP contribution < -0.4 is 5.32 Å². The van der Waals surface area contributed by atoms with Crippen molar-refractivity contribution in [1.29, 1.82) is 0 Å². The molecule has 3 aliphatic rings. The molecule has 10 atom stereocenters. The van der Waals surface area contributed by atoms with Crippen LogP contribution in [0.4, 0.5) is 0 Å². The quantitative estimate of drug-likeness (QED) is 0.377. The average Bonchev–Trinajstić information content (AvgIpc) is 3.41. The summed E-state index contributed by atoms with van der Waals surface area (Å²) in [6, 6.07) is -0.120. The van der Waals surface area contributed by atoms with E-state index in [4.69, 9.17) is 18.9 Å². The highest BCUT2D eigenvalue weighted by Gasteiger charge is 2.51. The first-order valence-electron chi connectivity index (χ1n) is 14.9. The van der Waals surface area contributed by atoms with Gasteiger partial charge in [0.1, 0.15) is 18.1 Å². The lowest BCUT2D eigenvalue weighted by atomic mass is 9.74. The van der Waals surface area contributed by atoms with Crippen LogP contribution in [0, 0.1) is 23.2 Å². The van der Waals surface area contributed by atoms with E-state index < -0.39 is 41.4 Å². The molecule has 3 saturated heterocycles. The lowest BCUT2D eigenvalue weighted by Crippen LogP contribution is -2.59. The van der Waals surface area contributed by atoms with Crippen LogP contribution in [0.5, 0.6) is 0 Å². The van der Waals surface area contributed by atoms with Crippen molar-refractivity contribution in [3.05, 3.63) is 0 Å². The van der Waals surface area contributed by atoms with E-state index in [0.29, 0.717) is 18.8 Å². The third kappa shape index (κ3) is 7.25. The van der Waals surface area contributed by atoms with Gasteiger partial charge in [-0.25, -0.2) is 0 Å². The first-order chi connectivity index (χ1) is 18.6. The van der Waals surface area contributed by atoms with Gasteiger partial charge in [-0.1, -0.05) is 13.8 Å². The van der Waals surface area contributed by atoms with Crippen LogP contribution in [0.3, 0.4) is 0 Å². The summed E-state index contributed by atoms with van der Waals surface area (Å²) in [7, 11) is 7.57. The first-order valence-corrected chi connectivity index (χ1v) is 14.9. The molecule has 10 nitrogen and oxygen atoms in total. The lowest BCUT2D eigenvalue weighted by molar-refractivity contribution is -0.295. The monoisotopic (exact) mass is 569 g/mol. The minimum absolute atomic E-state index is 0.0431. The molecule has 0 aromatic heterocycles. The summed E-state index contributed by atoms with van der Waals surface area (Å²) < 4.78 is 24.8. The molecule has 40 heavy (non-hydrogen) atoms. The van der Waals surface area contributed by atoms with Crippen molar-refractivity contribution in [3.8, 4) is 0 Å². The van der Waals surface area contributed by atoms with E-state index in [9.17, 15) is 14.7 Å². The van der Waals surface area contributed by atoms with Crippen LogP contribution in [0.25, 0.3) is 0 Å². The highest BCUT2D eigenvalue weighted by atomic mass is 16.7. The first kappa shape index (κ1) is 33.4. The Morgan fingerprint density at radius 2 is 1.82 bits per heavy atom. The second-order valence-electron chi connectivity index (χ2n) is 13.6. The van der Waals surface area contributed by atoms with Gasteiger partial charge in [0, 0.05) is 31.7 Å². The summed E-state index contributed by atoms with van der Waals surface area (Å²) in [5, 5.41) is 14.7. The molecule has 0 aliphatic carbocycles. The number of cyclic esters (lactones) is 1. The molecular formula is C30H55N3O7. The Morgan fingerprint density at radius 3 is 2.40 bits per heavy atom. The number of likely N-dealkylation sites (N-methyl/N-ethyl adjacent to an activating group) is 2. The fourth-order valence-electron chi connectivity index (χ4n) is 7.07. The molecule has 0 spiro atoms. The maximum atomic E-state index is 14.1. The Labute approximate surface area is 241 Å². The number of methoxy groups -OCH3 is 1. The molecule has 2 N–H and O–H groups in total. The number of carbonyl (C=O) groups is 2. The predicted octanol–water partition coefficient (Wildman–Crippen LogP) is 1.93. The van der Waals surface area contributed by atoms with Crippen LogP contribution in [0.15, 0.2) is 0 Å². The van der Waals surface area contributed by atoms with Crippen molar-refractivity contribution in [2.24, 2.45) is 23.2 Å². The van der Waals surface area contributed by atoms with E-state index in [1.807, 2.05) is 32.8 Å². The van der Waals surface area contributed by atoms with Gasteiger partial charge in [-0.15, -0.1) is 0 Å². The number of hydrogen-bond donors (Lipinski definition) is 2. The summed E-state index contributed by atoms with van der Waals surface area (Å²) in [4.78, 5) is 31.8. The van der Waals surface area contributed by atoms with Crippen molar-refractivity contribution < 1.29 is 33.6 Å². The molecular weight excluding hydrogens is 514 g/mol. The number of nitrogens with one attached hydrogen (secondary N) is 1. The van der Waals surface area contributed by atoms with Gasteiger partial charge >= 0.3 is 5.97 Å².